The van der Waals surface area contributed by atoms with Crippen molar-refractivity contribution < 1.29 is 19.1 Å². The molecule has 0 aromatic heterocycles. The third kappa shape index (κ3) is 5.23. The second-order valence-electron chi connectivity index (χ2n) is 7.05. The number of rotatable bonds is 7. The Labute approximate surface area is 163 Å². The molecule has 27 heavy (non-hydrogen) atoms. The van der Waals surface area contributed by atoms with E-state index in [1.807, 2.05) is 6.07 Å². The van der Waals surface area contributed by atoms with E-state index in [1.54, 1.807) is 62.4 Å². The molecule has 1 aliphatic rings. The van der Waals surface area contributed by atoms with Gasteiger partial charge in [0.05, 0.1) is 0 Å². The van der Waals surface area contributed by atoms with Crippen molar-refractivity contribution in [1.29, 1.82) is 0 Å². The number of hydrogen-bond donors (Lipinski definition) is 1. The van der Waals surface area contributed by atoms with E-state index in [0.717, 1.165) is 12.8 Å². The van der Waals surface area contributed by atoms with Crippen LogP contribution in [0, 0.1) is 0 Å². The van der Waals surface area contributed by atoms with Crippen LogP contribution in [0.5, 0.6) is 5.75 Å². The molecule has 1 saturated carbocycles. The van der Waals surface area contributed by atoms with Crippen molar-refractivity contribution in [3.63, 3.8) is 0 Å². The number of hydrogen-bond acceptors (Lipinski definition) is 4. The van der Waals surface area contributed by atoms with Crippen molar-refractivity contribution in [1.82, 2.24) is 5.32 Å². The first-order chi connectivity index (χ1) is 12.8. The predicted molar refractivity (Wildman–Crippen MR) is 103 cm³/mol. The van der Waals surface area contributed by atoms with Gasteiger partial charge in [0.15, 0.2) is 5.60 Å². The second-order valence-corrected chi connectivity index (χ2v) is 7.48. The Morgan fingerprint density at radius 2 is 1.70 bits per heavy atom. The lowest BCUT2D eigenvalue weighted by molar-refractivity contribution is -0.169. The van der Waals surface area contributed by atoms with Crippen molar-refractivity contribution >= 4 is 23.5 Å². The summed E-state index contributed by atoms with van der Waals surface area (Å²) in [5.74, 6) is -0.461. The van der Waals surface area contributed by atoms with Crippen LogP contribution in [0.3, 0.4) is 0 Å². The SMILES string of the molecule is CC(C)(Oc1ccc(Cl)cc1)C(=O)O[C@@H](C(=O)NC1CC1)c1ccccc1. The fourth-order valence-electron chi connectivity index (χ4n) is 2.49. The molecule has 0 aliphatic heterocycles. The summed E-state index contributed by atoms with van der Waals surface area (Å²) < 4.78 is 11.3. The van der Waals surface area contributed by atoms with Crippen LogP contribution >= 0.6 is 11.6 Å². The van der Waals surface area contributed by atoms with Gasteiger partial charge >= 0.3 is 5.97 Å². The third-order valence-electron chi connectivity index (χ3n) is 4.17. The molecule has 0 unspecified atom stereocenters. The first kappa shape index (κ1) is 19.2. The maximum atomic E-state index is 12.8. The molecule has 0 bridgehead atoms. The minimum absolute atomic E-state index is 0.167. The summed E-state index contributed by atoms with van der Waals surface area (Å²) in [6.07, 6.45) is 0.881. The monoisotopic (exact) mass is 387 g/mol. The number of benzene rings is 2. The van der Waals surface area contributed by atoms with Gasteiger partial charge in [0.1, 0.15) is 5.75 Å². The molecule has 5 nitrogen and oxygen atoms in total. The van der Waals surface area contributed by atoms with Gasteiger partial charge in [0.2, 0.25) is 6.10 Å². The van der Waals surface area contributed by atoms with Gasteiger partial charge < -0.3 is 14.8 Å². The Kier molecular flexibility index (Phi) is 5.71. The first-order valence-electron chi connectivity index (χ1n) is 8.86. The maximum absolute atomic E-state index is 12.8. The van der Waals surface area contributed by atoms with E-state index in [4.69, 9.17) is 21.1 Å². The van der Waals surface area contributed by atoms with Crippen LogP contribution in [0.25, 0.3) is 0 Å². The lowest BCUT2D eigenvalue weighted by Crippen LogP contribution is -2.43. The van der Waals surface area contributed by atoms with Crippen LogP contribution in [-0.2, 0) is 14.3 Å². The molecule has 2 aromatic rings. The van der Waals surface area contributed by atoms with Gasteiger partial charge in [-0.1, -0.05) is 41.9 Å². The smallest absolute Gasteiger partial charge is 0.351 e. The standard InChI is InChI=1S/C21H22ClNO4/c1-21(2,27-17-12-8-15(22)9-13-17)20(25)26-18(14-6-4-3-5-7-14)19(24)23-16-10-11-16/h3-9,12-13,16,18H,10-11H2,1-2H3,(H,23,24)/t18-/m1/s1. The Morgan fingerprint density at radius 1 is 1.07 bits per heavy atom. The van der Waals surface area contributed by atoms with Gasteiger partial charge in [-0.25, -0.2) is 4.79 Å². The van der Waals surface area contributed by atoms with Crippen LogP contribution in [0.1, 0.15) is 38.4 Å². The summed E-state index contributed by atoms with van der Waals surface area (Å²) in [6, 6.07) is 15.8. The molecule has 1 amide bonds. The Bertz CT molecular complexity index is 801. The third-order valence-corrected chi connectivity index (χ3v) is 4.42. The number of carbonyl (C=O) groups is 2. The van der Waals surface area contributed by atoms with E-state index in [9.17, 15) is 9.59 Å². The number of ether oxygens (including phenoxy) is 2. The van der Waals surface area contributed by atoms with Gasteiger partial charge in [-0.15, -0.1) is 0 Å². The molecule has 2 aromatic carbocycles. The van der Waals surface area contributed by atoms with Crippen LogP contribution in [0.4, 0.5) is 0 Å². The van der Waals surface area contributed by atoms with Crippen LogP contribution in [0.2, 0.25) is 5.02 Å². The van der Waals surface area contributed by atoms with Crippen LogP contribution in [0.15, 0.2) is 54.6 Å². The lowest BCUT2D eigenvalue weighted by atomic mass is 10.1. The molecule has 1 fully saturated rings. The molecule has 6 heteroatoms. The highest BCUT2D eigenvalue weighted by Gasteiger charge is 2.37. The zero-order chi connectivity index (χ0) is 19.4. The molecule has 1 aliphatic carbocycles. The topological polar surface area (TPSA) is 64.6 Å². The van der Waals surface area contributed by atoms with Crippen molar-refractivity contribution in [3.8, 4) is 5.75 Å². The molecular weight excluding hydrogens is 366 g/mol. The van der Waals surface area contributed by atoms with E-state index in [0.29, 0.717) is 16.3 Å². The Balaban J connectivity index is 1.73. The van der Waals surface area contributed by atoms with Crippen molar-refractivity contribution in [2.24, 2.45) is 0 Å². The number of nitrogens with one attached hydrogen (secondary N) is 1. The van der Waals surface area contributed by atoms with Gasteiger partial charge in [-0.3, -0.25) is 4.79 Å². The Hall–Kier alpha value is -2.53. The van der Waals surface area contributed by atoms with Gasteiger partial charge in [-0.05, 0) is 51.0 Å². The van der Waals surface area contributed by atoms with Crippen LogP contribution < -0.4 is 10.1 Å². The molecule has 0 spiro atoms. The summed E-state index contributed by atoms with van der Waals surface area (Å²) in [6.45, 7) is 3.20. The molecule has 1 atom stereocenters. The highest BCUT2D eigenvalue weighted by Crippen LogP contribution is 2.27. The van der Waals surface area contributed by atoms with Crippen molar-refractivity contribution in [2.75, 3.05) is 0 Å². The average Bonchev–Trinajstić information content (AvgIpc) is 3.45. The fraction of sp³-hybridized carbons (Fsp3) is 0.333. The molecule has 142 valence electrons. The van der Waals surface area contributed by atoms with E-state index in [2.05, 4.69) is 5.32 Å². The molecule has 0 heterocycles. The highest BCUT2D eigenvalue weighted by atomic mass is 35.5. The number of halogens is 1. The van der Waals surface area contributed by atoms with Crippen molar-refractivity contribution in [2.45, 2.75) is 44.4 Å². The first-order valence-corrected chi connectivity index (χ1v) is 9.24. The van der Waals surface area contributed by atoms with Gasteiger partial charge in [-0.2, -0.15) is 0 Å². The fourth-order valence-corrected chi connectivity index (χ4v) is 2.62. The lowest BCUT2D eigenvalue weighted by Gasteiger charge is -2.27. The van der Waals surface area contributed by atoms with E-state index in [1.165, 1.54) is 0 Å². The predicted octanol–water partition coefficient (Wildman–Crippen LogP) is 4.06. The summed E-state index contributed by atoms with van der Waals surface area (Å²) in [5.41, 5.74) is -0.660. The normalized spacial score (nSPS) is 14.9. The van der Waals surface area contributed by atoms with E-state index < -0.39 is 17.7 Å². The maximum Gasteiger partial charge on any atom is 0.351 e. The second kappa shape index (κ2) is 8.01. The summed E-state index contributed by atoms with van der Waals surface area (Å²) in [7, 11) is 0. The highest BCUT2D eigenvalue weighted by molar-refractivity contribution is 6.30. The van der Waals surface area contributed by atoms with Gasteiger partial charge in [0.25, 0.3) is 5.91 Å². The number of carbonyl (C=O) groups excluding carboxylic acids is 2. The number of amides is 1. The Morgan fingerprint density at radius 3 is 2.30 bits per heavy atom. The van der Waals surface area contributed by atoms with E-state index in [-0.39, 0.29) is 11.9 Å². The zero-order valence-electron chi connectivity index (χ0n) is 15.3. The largest absolute Gasteiger partial charge is 0.476 e. The van der Waals surface area contributed by atoms with Crippen molar-refractivity contribution in [3.05, 3.63) is 65.2 Å². The summed E-state index contributed by atoms with van der Waals surface area (Å²) in [5, 5.41) is 3.47. The summed E-state index contributed by atoms with van der Waals surface area (Å²) >= 11 is 5.87. The van der Waals surface area contributed by atoms with Crippen LogP contribution in [-0.4, -0.2) is 23.5 Å². The zero-order valence-corrected chi connectivity index (χ0v) is 16.0. The minimum Gasteiger partial charge on any atom is -0.476 e. The summed E-state index contributed by atoms with van der Waals surface area (Å²) in [4.78, 5) is 25.4. The van der Waals surface area contributed by atoms with Gasteiger partial charge in [0, 0.05) is 16.6 Å². The van der Waals surface area contributed by atoms with E-state index >= 15 is 0 Å². The molecule has 0 saturated heterocycles. The minimum atomic E-state index is -1.28. The molecule has 1 N–H and O–H groups in total. The average molecular weight is 388 g/mol. The molecular formula is C21H22ClNO4. The quantitative estimate of drug-likeness (QED) is 0.727. The molecule has 0 radical (unpaired) electrons. The number of esters is 1. The molecule has 3 rings (SSSR count).